The third-order valence-electron chi connectivity index (χ3n) is 4.81. The predicted octanol–water partition coefficient (Wildman–Crippen LogP) is 2.70. The van der Waals surface area contributed by atoms with E-state index in [9.17, 15) is 0 Å². The van der Waals surface area contributed by atoms with Crippen LogP contribution >= 0.6 is 0 Å². The van der Waals surface area contributed by atoms with Crippen LogP contribution in [0.15, 0.2) is 23.2 Å². The number of likely N-dealkylation sites (tertiary alicyclic amines) is 1. The molecule has 3 N–H and O–H groups in total. The van der Waals surface area contributed by atoms with Crippen molar-refractivity contribution in [1.82, 2.24) is 4.90 Å². The normalized spacial score (nSPS) is 19.5. The molecule has 0 aromatic heterocycles. The molecule has 1 aromatic carbocycles. The van der Waals surface area contributed by atoms with Crippen LogP contribution in [0.25, 0.3) is 0 Å². The van der Waals surface area contributed by atoms with Crippen LogP contribution in [-0.2, 0) is 0 Å². The van der Waals surface area contributed by atoms with Crippen LogP contribution in [0.5, 0.6) is 11.5 Å². The first-order valence-electron chi connectivity index (χ1n) is 9.39. The summed E-state index contributed by atoms with van der Waals surface area (Å²) >= 11 is 0. The Morgan fingerprint density at radius 2 is 2.00 bits per heavy atom. The van der Waals surface area contributed by atoms with Gasteiger partial charge in [-0.1, -0.05) is 6.92 Å². The molecule has 0 bridgehead atoms. The van der Waals surface area contributed by atoms with Gasteiger partial charge in [0.1, 0.15) is 0 Å². The zero-order valence-electron chi connectivity index (χ0n) is 15.2. The van der Waals surface area contributed by atoms with Gasteiger partial charge in [0.15, 0.2) is 17.5 Å². The maximum Gasteiger partial charge on any atom is 0.193 e. The van der Waals surface area contributed by atoms with Crippen LogP contribution in [0.4, 0.5) is 5.69 Å². The number of anilines is 1. The molecule has 0 unspecified atom stereocenters. The molecule has 1 aromatic rings. The quantitative estimate of drug-likeness (QED) is 0.487. The lowest BCUT2D eigenvalue weighted by molar-refractivity contribution is 0.192. The van der Waals surface area contributed by atoms with Gasteiger partial charge in [-0.25, -0.2) is 0 Å². The number of nitrogens with one attached hydrogen (secondary N) is 1. The molecule has 3 rings (SSSR count). The molecule has 0 aliphatic carbocycles. The maximum absolute atomic E-state index is 6.00. The number of aliphatic imine (C=N–C) groups is 1. The molecule has 1 saturated heterocycles. The Morgan fingerprint density at radius 3 is 2.80 bits per heavy atom. The molecule has 0 amide bonds. The Bertz CT molecular complexity index is 583. The monoisotopic (exact) mass is 346 g/mol. The van der Waals surface area contributed by atoms with Crippen molar-refractivity contribution >= 4 is 11.6 Å². The second kappa shape index (κ2) is 8.94. The Hall–Kier alpha value is -1.95. The van der Waals surface area contributed by atoms with Crippen LogP contribution in [0.2, 0.25) is 0 Å². The van der Waals surface area contributed by atoms with Crippen molar-refractivity contribution in [3.63, 3.8) is 0 Å². The van der Waals surface area contributed by atoms with Gasteiger partial charge in [0.25, 0.3) is 0 Å². The van der Waals surface area contributed by atoms with E-state index < -0.39 is 0 Å². The summed E-state index contributed by atoms with van der Waals surface area (Å²) in [5.74, 6) is 2.87. The van der Waals surface area contributed by atoms with Gasteiger partial charge in [0.2, 0.25) is 0 Å². The first kappa shape index (κ1) is 17.9. The Morgan fingerprint density at radius 1 is 1.24 bits per heavy atom. The maximum atomic E-state index is 6.00. The number of hydrogen-bond donors (Lipinski definition) is 2. The molecule has 1 fully saturated rings. The molecule has 0 radical (unpaired) electrons. The van der Waals surface area contributed by atoms with Gasteiger partial charge in [-0.3, -0.25) is 4.99 Å². The minimum atomic E-state index is 0.446. The molecule has 0 saturated carbocycles. The van der Waals surface area contributed by atoms with Crippen LogP contribution < -0.4 is 20.5 Å². The summed E-state index contributed by atoms with van der Waals surface area (Å²) in [6.45, 7) is 8.00. The van der Waals surface area contributed by atoms with Crippen molar-refractivity contribution in [2.24, 2.45) is 16.6 Å². The molecule has 6 nitrogen and oxygen atoms in total. The Balaban J connectivity index is 1.43. The lowest BCUT2D eigenvalue weighted by atomic mass is 9.99. The number of ether oxygens (including phenoxy) is 2. The van der Waals surface area contributed by atoms with E-state index in [4.69, 9.17) is 15.2 Å². The number of guanidine groups is 1. The molecule has 2 heterocycles. The van der Waals surface area contributed by atoms with Gasteiger partial charge in [0.05, 0.1) is 13.2 Å². The standard InChI is InChI=1S/C19H30N4O2/c1-15-6-10-23(11-7-15)9-2-8-21-19(20)22-16-4-5-17-18(14-16)25-13-3-12-24-17/h4-5,14-15H,2-3,6-13H2,1H3,(H3,20,21,22). The van der Waals surface area contributed by atoms with Gasteiger partial charge in [-0.2, -0.15) is 0 Å². The molecule has 0 spiro atoms. The zero-order valence-corrected chi connectivity index (χ0v) is 15.2. The van der Waals surface area contributed by atoms with Gasteiger partial charge in [-0.05, 0) is 56.9 Å². The molecule has 2 aliphatic heterocycles. The summed E-state index contributed by atoms with van der Waals surface area (Å²) in [7, 11) is 0. The van der Waals surface area contributed by atoms with Crippen LogP contribution in [0, 0.1) is 5.92 Å². The average molecular weight is 346 g/mol. The number of rotatable bonds is 5. The van der Waals surface area contributed by atoms with Gasteiger partial charge >= 0.3 is 0 Å². The number of nitrogens with zero attached hydrogens (tertiary/aromatic N) is 2. The van der Waals surface area contributed by atoms with Crippen LogP contribution in [-0.4, -0.2) is 50.3 Å². The molecular formula is C19H30N4O2. The first-order chi connectivity index (χ1) is 12.2. The summed E-state index contributed by atoms with van der Waals surface area (Å²) in [5, 5.41) is 3.14. The topological polar surface area (TPSA) is 72.1 Å². The number of piperidine rings is 1. The van der Waals surface area contributed by atoms with Gasteiger partial charge in [0, 0.05) is 24.7 Å². The highest BCUT2D eigenvalue weighted by molar-refractivity contribution is 5.92. The summed E-state index contributed by atoms with van der Waals surface area (Å²) in [4.78, 5) is 6.96. The molecule has 25 heavy (non-hydrogen) atoms. The number of nitrogens with two attached hydrogens (primary N) is 1. The van der Waals surface area contributed by atoms with E-state index in [0.717, 1.165) is 49.0 Å². The lowest BCUT2D eigenvalue weighted by Crippen LogP contribution is -2.34. The average Bonchev–Trinajstić information content (AvgIpc) is 2.85. The number of hydrogen-bond acceptors (Lipinski definition) is 4. The van der Waals surface area contributed by atoms with E-state index in [1.165, 1.54) is 25.9 Å². The fraction of sp³-hybridized carbons (Fsp3) is 0.632. The molecular weight excluding hydrogens is 316 g/mol. The second-order valence-electron chi connectivity index (χ2n) is 6.98. The highest BCUT2D eigenvalue weighted by Gasteiger charge is 2.14. The highest BCUT2D eigenvalue weighted by atomic mass is 16.5. The molecule has 2 aliphatic rings. The fourth-order valence-corrected chi connectivity index (χ4v) is 3.21. The van der Waals surface area contributed by atoms with E-state index >= 15 is 0 Å². The third kappa shape index (κ3) is 5.53. The third-order valence-corrected chi connectivity index (χ3v) is 4.81. The van der Waals surface area contributed by atoms with Gasteiger partial charge < -0.3 is 25.4 Å². The molecule has 6 heteroatoms. The van der Waals surface area contributed by atoms with Crippen molar-refractivity contribution < 1.29 is 9.47 Å². The van der Waals surface area contributed by atoms with E-state index in [2.05, 4.69) is 22.1 Å². The van der Waals surface area contributed by atoms with E-state index in [-0.39, 0.29) is 0 Å². The zero-order chi connectivity index (χ0) is 17.5. The van der Waals surface area contributed by atoms with Crippen molar-refractivity contribution in [2.75, 3.05) is 44.7 Å². The van der Waals surface area contributed by atoms with Crippen molar-refractivity contribution in [1.29, 1.82) is 0 Å². The Labute approximate surface area is 150 Å². The highest BCUT2D eigenvalue weighted by Crippen LogP contribution is 2.32. The molecule has 138 valence electrons. The van der Waals surface area contributed by atoms with Crippen molar-refractivity contribution in [3.8, 4) is 11.5 Å². The SMILES string of the molecule is CC1CCN(CCCN=C(N)Nc2ccc3c(c2)OCCCO3)CC1. The lowest BCUT2D eigenvalue weighted by Gasteiger charge is -2.29. The minimum absolute atomic E-state index is 0.446. The van der Waals surface area contributed by atoms with E-state index in [1.54, 1.807) is 0 Å². The van der Waals surface area contributed by atoms with Crippen molar-refractivity contribution in [3.05, 3.63) is 18.2 Å². The smallest absolute Gasteiger partial charge is 0.193 e. The number of fused-ring (bicyclic) bond motifs is 1. The van der Waals surface area contributed by atoms with E-state index in [1.807, 2.05) is 18.2 Å². The second-order valence-corrected chi connectivity index (χ2v) is 6.98. The predicted molar refractivity (Wildman–Crippen MR) is 102 cm³/mol. The first-order valence-corrected chi connectivity index (χ1v) is 9.39. The summed E-state index contributed by atoms with van der Waals surface area (Å²) in [6, 6.07) is 5.76. The van der Waals surface area contributed by atoms with Gasteiger partial charge in [-0.15, -0.1) is 0 Å². The van der Waals surface area contributed by atoms with E-state index in [0.29, 0.717) is 19.2 Å². The van der Waals surface area contributed by atoms with Crippen LogP contribution in [0.3, 0.4) is 0 Å². The fourth-order valence-electron chi connectivity index (χ4n) is 3.21. The number of benzene rings is 1. The Kier molecular flexibility index (Phi) is 6.39. The van der Waals surface area contributed by atoms with Crippen molar-refractivity contribution in [2.45, 2.75) is 32.6 Å². The molecule has 0 atom stereocenters. The summed E-state index contributed by atoms with van der Waals surface area (Å²) < 4.78 is 11.3. The van der Waals surface area contributed by atoms with Crippen LogP contribution in [0.1, 0.15) is 32.6 Å². The minimum Gasteiger partial charge on any atom is -0.490 e. The largest absolute Gasteiger partial charge is 0.490 e. The summed E-state index contributed by atoms with van der Waals surface area (Å²) in [6.07, 6.45) is 4.57. The summed E-state index contributed by atoms with van der Waals surface area (Å²) in [5.41, 5.74) is 6.87.